The highest BCUT2D eigenvalue weighted by atomic mass is 16.6. The molecule has 1 amide bonds. The predicted octanol–water partition coefficient (Wildman–Crippen LogP) is 2.69. The van der Waals surface area contributed by atoms with Gasteiger partial charge in [0.25, 0.3) is 0 Å². The number of esters is 1. The second-order valence-corrected chi connectivity index (χ2v) is 7.99. The number of hydrogen-bond donors (Lipinski definition) is 0. The third kappa shape index (κ3) is 9.33. The summed E-state index contributed by atoms with van der Waals surface area (Å²) < 4.78 is 5.32. The number of amides is 1. The van der Waals surface area contributed by atoms with Crippen molar-refractivity contribution in [3.63, 3.8) is 0 Å². The number of aryl methyl sites for hydroxylation is 1. The fourth-order valence-electron chi connectivity index (χ4n) is 2.40. The Hall–Kier alpha value is -2.21. The first kappa shape index (κ1) is 22.8. The molecule has 0 N–H and O–H groups in total. The number of carbonyl (C=O) groups is 3. The Labute approximate surface area is 162 Å². The van der Waals surface area contributed by atoms with Crippen molar-refractivity contribution < 1.29 is 19.1 Å². The van der Waals surface area contributed by atoms with Gasteiger partial charge in [-0.1, -0.05) is 29.8 Å². The van der Waals surface area contributed by atoms with Gasteiger partial charge in [0.2, 0.25) is 5.91 Å². The molecule has 0 atom stereocenters. The van der Waals surface area contributed by atoms with Gasteiger partial charge in [-0.2, -0.15) is 0 Å². The SMILES string of the molecule is Cc1ccc(C(=O)CCC(=O)N(CCN(C)C)CC(=O)OC(C)(C)C)cc1. The van der Waals surface area contributed by atoms with Crippen LogP contribution in [0.1, 0.15) is 49.5 Å². The van der Waals surface area contributed by atoms with Crippen molar-refractivity contribution >= 4 is 17.7 Å². The van der Waals surface area contributed by atoms with Crippen LogP contribution in [0.5, 0.6) is 0 Å². The highest BCUT2D eigenvalue weighted by Gasteiger charge is 2.22. The molecular formula is C21H32N2O4. The maximum absolute atomic E-state index is 12.6. The molecule has 0 saturated heterocycles. The lowest BCUT2D eigenvalue weighted by atomic mass is 10.0. The minimum Gasteiger partial charge on any atom is -0.459 e. The van der Waals surface area contributed by atoms with Gasteiger partial charge in [-0.05, 0) is 41.8 Å². The van der Waals surface area contributed by atoms with Crippen LogP contribution >= 0.6 is 0 Å². The molecule has 6 heteroatoms. The van der Waals surface area contributed by atoms with Crippen molar-refractivity contribution in [2.75, 3.05) is 33.7 Å². The molecule has 0 radical (unpaired) electrons. The second kappa shape index (κ2) is 10.2. The summed E-state index contributed by atoms with van der Waals surface area (Å²) in [5, 5.41) is 0. The molecule has 0 aliphatic heterocycles. The van der Waals surface area contributed by atoms with Crippen molar-refractivity contribution in [3.05, 3.63) is 35.4 Å². The van der Waals surface area contributed by atoms with Gasteiger partial charge in [0, 0.05) is 31.5 Å². The van der Waals surface area contributed by atoms with Crippen LogP contribution in [0.25, 0.3) is 0 Å². The maximum atomic E-state index is 12.6. The number of ketones is 1. The fourth-order valence-corrected chi connectivity index (χ4v) is 2.40. The molecule has 0 heterocycles. The standard InChI is InChI=1S/C21H32N2O4/c1-16-7-9-17(10-8-16)18(24)11-12-19(25)23(14-13-22(5)6)15-20(26)27-21(2,3)4/h7-10H,11-15H2,1-6H3. The van der Waals surface area contributed by atoms with E-state index in [0.29, 0.717) is 18.7 Å². The van der Waals surface area contributed by atoms with Gasteiger partial charge in [-0.25, -0.2) is 0 Å². The molecule has 6 nitrogen and oxygen atoms in total. The molecule has 150 valence electrons. The van der Waals surface area contributed by atoms with Crippen molar-refractivity contribution in [3.8, 4) is 0 Å². The zero-order valence-corrected chi connectivity index (χ0v) is 17.4. The lowest BCUT2D eigenvalue weighted by Gasteiger charge is -2.26. The van der Waals surface area contributed by atoms with Crippen LogP contribution in [0.2, 0.25) is 0 Å². The normalized spacial score (nSPS) is 11.4. The van der Waals surface area contributed by atoms with Crippen LogP contribution in [0, 0.1) is 6.92 Å². The molecule has 27 heavy (non-hydrogen) atoms. The molecule has 1 rings (SSSR count). The van der Waals surface area contributed by atoms with E-state index in [4.69, 9.17) is 4.74 Å². The zero-order chi connectivity index (χ0) is 20.6. The summed E-state index contributed by atoms with van der Waals surface area (Å²) in [4.78, 5) is 40.4. The molecule has 0 saturated carbocycles. The van der Waals surface area contributed by atoms with E-state index in [2.05, 4.69) is 0 Å². The van der Waals surface area contributed by atoms with E-state index in [9.17, 15) is 14.4 Å². The van der Waals surface area contributed by atoms with E-state index >= 15 is 0 Å². The van der Waals surface area contributed by atoms with Crippen molar-refractivity contribution in [2.45, 2.75) is 46.1 Å². The topological polar surface area (TPSA) is 66.9 Å². The van der Waals surface area contributed by atoms with Crippen LogP contribution in [-0.4, -0.2) is 66.8 Å². The highest BCUT2D eigenvalue weighted by molar-refractivity contribution is 5.98. The Kier molecular flexibility index (Phi) is 8.63. The van der Waals surface area contributed by atoms with Crippen molar-refractivity contribution in [2.24, 2.45) is 0 Å². The quantitative estimate of drug-likeness (QED) is 0.490. The van der Waals surface area contributed by atoms with E-state index in [0.717, 1.165) is 5.56 Å². The van der Waals surface area contributed by atoms with Gasteiger partial charge in [0.15, 0.2) is 5.78 Å². The Morgan fingerprint density at radius 3 is 2.07 bits per heavy atom. The van der Waals surface area contributed by atoms with Gasteiger partial charge < -0.3 is 14.5 Å². The number of Topliss-reactive ketones (excluding diaryl/α,β-unsaturated/α-hetero) is 1. The monoisotopic (exact) mass is 376 g/mol. The smallest absolute Gasteiger partial charge is 0.326 e. The summed E-state index contributed by atoms with van der Waals surface area (Å²) in [5.41, 5.74) is 1.07. The lowest BCUT2D eigenvalue weighted by molar-refractivity contribution is -0.159. The van der Waals surface area contributed by atoms with E-state index in [-0.39, 0.29) is 31.1 Å². The number of nitrogens with zero attached hydrogens (tertiary/aromatic N) is 2. The van der Waals surface area contributed by atoms with E-state index in [1.165, 1.54) is 4.90 Å². The van der Waals surface area contributed by atoms with E-state index in [1.54, 1.807) is 32.9 Å². The summed E-state index contributed by atoms with van der Waals surface area (Å²) in [6, 6.07) is 7.29. The first-order valence-electron chi connectivity index (χ1n) is 9.22. The largest absolute Gasteiger partial charge is 0.459 e. The number of rotatable bonds is 9. The molecule has 0 unspecified atom stereocenters. The molecular weight excluding hydrogens is 344 g/mol. The summed E-state index contributed by atoms with van der Waals surface area (Å²) in [6.07, 6.45) is 0.192. The van der Waals surface area contributed by atoms with Gasteiger partial charge >= 0.3 is 5.97 Å². The van der Waals surface area contributed by atoms with Crippen LogP contribution < -0.4 is 0 Å². The Morgan fingerprint density at radius 2 is 1.56 bits per heavy atom. The highest BCUT2D eigenvalue weighted by Crippen LogP contribution is 2.11. The molecule has 0 spiro atoms. The van der Waals surface area contributed by atoms with E-state index < -0.39 is 11.6 Å². The number of likely N-dealkylation sites (N-methyl/N-ethyl adjacent to an activating group) is 1. The number of ether oxygens (including phenoxy) is 1. The summed E-state index contributed by atoms with van der Waals surface area (Å²) in [7, 11) is 3.80. The third-order valence-corrected chi connectivity index (χ3v) is 3.85. The molecule has 0 aliphatic rings. The number of benzene rings is 1. The number of carbonyl (C=O) groups excluding carboxylic acids is 3. The Morgan fingerprint density at radius 1 is 0.963 bits per heavy atom. The van der Waals surface area contributed by atoms with Crippen LogP contribution in [-0.2, 0) is 14.3 Å². The van der Waals surface area contributed by atoms with Gasteiger partial charge in [0.1, 0.15) is 12.1 Å². The van der Waals surface area contributed by atoms with Gasteiger partial charge in [-0.3, -0.25) is 14.4 Å². The summed E-state index contributed by atoms with van der Waals surface area (Å²) >= 11 is 0. The third-order valence-electron chi connectivity index (χ3n) is 3.85. The average Bonchev–Trinajstić information content (AvgIpc) is 2.55. The second-order valence-electron chi connectivity index (χ2n) is 7.99. The molecule has 1 aromatic carbocycles. The molecule has 1 aromatic rings. The maximum Gasteiger partial charge on any atom is 0.326 e. The van der Waals surface area contributed by atoms with Crippen LogP contribution in [0.3, 0.4) is 0 Å². The zero-order valence-electron chi connectivity index (χ0n) is 17.4. The average molecular weight is 376 g/mol. The Bertz CT molecular complexity index is 645. The van der Waals surface area contributed by atoms with Crippen LogP contribution in [0.4, 0.5) is 0 Å². The number of hydrogen-bond acceptors (Lipinski definition) is 5. The first-order valence-corrected chi connectivity index (χ1v) is 9.22. The van der Waals surface area contributed by atoms with Crippen molar-refractivity contribution in [1.82, 2.24) is 9.80 Å². The minimum atomic E-state index is -0.602. The fraction of sp³-hybridized carbons (Fsp3) is 0.571. The van der Waals surface area contributed by atoms with E-state index in [1.807, 2.05) is 38.1 Å². The molecule has 0 fully saturated rings. The van der Waals surface area contributed by atoms with Gasteiger partial charge in [0.05, 0.1) is 0 Å². The van der Waals surface area contributed by atoms with Gasteiger partial charge in [-0.15, -0.1) is 0 Å². The predicted molar refractivity (Wildman–Crippen MR) is 106 cm³/mol. The Balaban J connectivity index is 2.67. The van der Waals surface area contributed by atoms with Crippen LogP contribution in [0.15, 0.2) is 24.3 Å². The lowest BCUT2D eigenvalue weighted by Crippen LogP contribution is -2.42. The minimum absolute atomic E-state index is 0.0724. The first-order chi connectivity index (χ1) is 12.5. The van der Waals surface area contributed by atoms with Crippen molar-refractivity contribution in [1.29, 1.82) is 0 Å². The summed E-state index contributed by atoms with van der Waals surface area (Å²) in [6.45, 7) is 8.25. The molecule has 0 bridgehead atoms. The summed E-state index contributed by atoms with van der Waals surface area (Å²) in [5.74, 6) is -0.740. The molecule has 0 aromatic heterocycles. The molecule has 0 aliphatic carbocycles.